The molecule has 2 aromatic carbocycles. The monoisotopic (exact) mass is 326 g/mol. The summed E-state index contributed by atoms with van der Waals surface area (Å²) in [4.78, 5) is 11.8. The van der Waals surface area contributed by atoms with Crippen LogP contribution < -0.4 is 0 Å². The topological polar surface area (TPSA) is 35.5 Å². The molecule has 0 aromatic heterocycles. The van der Waals surface area contributed by atoms with Crippen LogP contribution in [0.25, 0.3) is 10.8 Å². The van der Waals surface area contributed by atoms with Crippen molar-refractivity contribution in [3.8, 4) is 0 Å². The molecular weight excluding hydrogens is 300 g/mol. The molecule has 0 heterocycles. The quantitative estimate of drug-likeness (QED) is 0.387. The van der Waals surface area contributed by atoms with Gasteiger partial charge in [0.15, 0.2) is 0 Å². The van der Waals surface area contributed by atoms with E-state index in [2.05, 4.69) is 30.8 Å². The zero-order valence-electron chi connectivity index (χ0n) is 14.8. The molecule has 0 aliphatic carbocycles. The summed E-state index contributed by atoms with van der Waals surface area (Å²) in [5.41, 5.74) is 1.07. The Bertz CT molecular complexity index is 715. The van der Waals surface area contributed by atoms with Crippen molar-refractivity contribution >= 4 is 16.7 Å². The number of fused-ring (bicyclic) bond motifs is 1. The predicted octanol–water partition coefficient (Wildman–Crippen LogP) is 5.03. The Morgan fingerprint density at radius 3 is 2.58 bits per heavy atom. The van der Waals surface area contributed by atoms with Crippen LogP contribution in [-0.4, -0.2) is 18.2 Å². The van der Waals surface area contributed by atoms with Gasteiger partial charge >= 0.3 is 5.97 Å². The zero-order chi connectivity index (χ0) is 17.6. The van der Waals surface area contributed by atoms with Crippen molar-refractivity contribution < 1.29 is 14.3 Å². The lowest BCUT2D eigenvalue weighted by Gasteiger charge is -2.28. The summed E-state index contributed by atoms with van der Waals surface area (Å²) in [5.74, 6) is -0.339. The molecule has 0 radical (unpaired) electrons. The second-order valence-corrected chi connectivity index (χ2v) is 6.41. The van der Waals surface area contributed by atoms with Crippen LogP contribution in [0.1, 0.15) is 39.2 Å². The SMILES string of the molecule is C=C(C)C(=O)OC(C)(CC)CCOCc1cccc2ccccc12. The van der Waals surface area contributed by atoms with Crippen molar-refractivity contribution in [2.45, 2.75) is 45.8 Å². The first-order valence-electron chi connectivity index (χ1n) is 8.38. The molecule has 1 atom stereocenters. The van der Waals surface area contributed by atoms with Gasteiger partial charge in [0.1, 0.15) is 5.60 Å². The van der Waals surface area contributed by atoms with E-state index in [1.807, 2.05) is 32.0 Å². The van der Waals surface area contributed by atoms with Crippen LogP contribution in [0.2, 0.25) is 0 Å². The summed E-state index contributed by atoms with van der Waals surface area (Å²) in [6.07, 6.45) is 1.40. The van der Waals surface area contributed by atoms with Gasteiger partial charge in [0, 0.05) is 12.0 Å². The van der Waals surface area contributed by atoms with Gasteiger partial charge in [-0.25, -0.2) is 4.79 Å². The molecule has 0 N–H and O–H groups in total. The van der Waals surface area contributed by atoms with Crippen LogP contribution in [0.3, 0.4) is 0 Å². The Balaban J connectivity index is 1.91. The standard InChI is InChI=1S/C21H26O3/c1-5-21(4,24-20(22)16(2)3)13-14-23-15-18-11-8-10-17-9-6-7-12-19(17)18/h6-12H,2,5,13-15H2,1,3-4H3. The lowest BCUT2D eigenvalue weighted by Crippen LogP contribution is -2.32. The second-order valence-electron chi connectivity index (χ2n) is 6.41. The molecule has 1 unspecified atom stereocenters. The van der Waals surface area contributed by atoms with Crippen molar-refractivity contribution in [3.05, 3.63) is 60.2 Å². The summed E-state index contributed by atoms with van der Waals surface area (Å²) >= 11 is 0. The molecule has 0 fully saturated rings. The number of hydrogen-bond donors (Lipinski definition) is 0. The van der Waals surface area contributed by atoms with Crippen LogP contribution in [0.15, 0.2) is 54.6 Å². The fourth-order valence-electron chi connectivity index (χ4n) is 2.50. The Morgan fingerprint density at radius 2 is 1.88 bits per heavy atom. The van der Waals surface area contributed by atoms with Crippen LogP contribution in [-0.2, 0) is 20.9 Å². The molecule has 3 nitrogen and oxygen atoms in total. The third-order valence-electron chi connectivity index (χ3n) is 4.35. The predicted molar refractivity (Wildman–Crippen MR) is 97.8 cm³/mol. The maximum Gasteiger partial charge on any atom is 0.333 e. The molecule has 2 aromatic rings. The molecule has 24 heavy (non-hydrogen) atoms. The molecule has 0 spiro atoms. The van der Waals surface area contributed by atoms with Gasteiger partial charge in [-0.3, -0.25) is 0 Å². The first kappa shape index (κ1) is 18.2. The molecule has 0 bridgehead atoms. The molecule has 0 aliphatic rings. The third-order valence-corrected chi connectivity index (χ3v) is 4.35. The van der Waals surface area contributed by atoms with Crippen molar-refractivity contribution in [2.75, 3.05) is 6.61 Å². The van der Waals surface area contributed by atoms with Gasteiger partial charge in [-0.2, -0.15) is 0 Å². The van der Waals surface area contributed by atoms with Crippen LogP contribution >= 0.6 is 0 Å². The third kappa shape index (κ3) is 4.68. The van der Waals surface area contributed by atoms with Crippen molar-refractivity contribution in [2.24, 2.45) is 0 Å². The second kappa shape index (κ2) is 8.11. The average molecular weight is 326 g/mol. The Labute approximate surface area is 144 Å². The minimum Gasteiger partial charge on any atom is -0.456 e. The van der Waals surface area contributed by atoms with Crippen LogP contribution in [0, 0.1) is 0 Å². The number of hydrogen-bond acceptors (Lipinski definition) is 3. The number of carbonyl (C=O) groups excluding carboxylic acids is 1. The summed E-state index contributed by atoms with van der Waals surface area (Å²) in [6, 6.07) is 14.5. The van der Waals surface area contributed by atoms with E-state index in [0.717, 1.165) is 6.42 Å². The highest BCUT2D eigenvalue weighted by molar-refractivity contribution is 5.87. The molecule has 0 saturated heterocycles. The molecule has 2 rings (SSSR count). The smallest absolute Gasteiger partial charge is 0.333 e. The number of ether oxygens (including phenoxy) is 2. The first-order valence-corrected chi connectivity index (χ1v) is 8.38. The average Bonchev–Trinajstić information content (AvgIpc) is 2.58. The van der Waals surface area contributed by atoms with Crippen molar-refractivity contribution in [1.82, 2.24) is 0 Å². The van der Waals surface area contributed by atoms with E-state index in [0.29, 0.717) is 25.2 Å². The lowest BCUT2D eigenvalue weighted by molar-refractivity contribution is -0.155. The highest BCUT2D eigenvalue weighted by Crippen LogP contribution is 2.23. The number of carbonyl (C=O) groups is 1. The highest BCUT2D eigenvalue weighted by atomic mass is 16.6. The van der Waals surface area contributed by atoms with E-state index in [1.54, 1.807) is 6.92 Å². The van der Waals surface area contributed by atoms with Gasteiger partial charge in [-0.1, -0.05) is 56.0 Å². The largest absolute Gasteiger partial charge is 0.456 e. The summed E-state index contributed by atoms with van der Waals surface area (Å²) in [5, 5.41) is 2.43. The number of benzene rings is 2. The normalized spacial score (nSPS) is 13.5. The van der Waals surface area contributed by atoms with Gasteiger partial charge in [-0.15, -0.1) is 0 Å². The molecule has 3 heteroatoms. The molecule has 128 valence electrons. The lowest BCUT2D eigenvalue weighted by atomic mass is 9.99. The Kier molecular flexibility index (Phi) is 6.16. The molecular formula is C21H26O3. The van der Waals surface area contributed by atoms with Crippen molar-refractivity contribution in [1.29, 1.82) is 0 Å². The van der Waals surface area contributed by atoms with E-state index < -0.39 is 5.60 Å². The fraction of sp³-hybridized carbons (Fsp3) is 0.381. The van der Waals surface area contributed by atoms with Gasteiger partial charge in [0.05, 0.1) is 13.2 Å². The van der Waals surface area contributed by atoms with E-state index in [4.69, 9.17) is 9.47 Å². The highest BCUT2D eigenvalue weighted by Gasteiger charge is 2.26. The maximum atomic E-state index is 11.8. The summed E-state index contributed by atoms with van der Waals surface area (Å²) in [6.45, 7) is 10.3. The minimum absolute atomic E-state index is 0.339. The van der Waals surface area contributed by atoms with Gasteiger partial charge in [-0.05, 0) is 36.6 Å². The first-order chi connectivity index (χ1) is 11.4. The van der Waals surface area contributed by atoms with E-state index in [1.165, 1.54) is 16.3 Å². The van der Waals surface area contributed by atoms with Gasteiger partial charge < -0.3 is 9.47 Å². The summed E-state index contributed by atoms with van der Waals surface area (Å²) in [7, 11) is 0. The van der Waals surface area contributed by atoms with E-state index in [9.17, 15) is 4.79 Å². The minimum atomic E-state index is -0.519. The summed E-state index contributed by atoms with van der Waals surface area (Å²) < 4.78 is 11.4. The van der Waals surface area contributed by atoms with Crippen LogP contribution in [0.4, 0.5) is 0 Å². The van der Waals surface area contributed by atoms with E-state index >= 15 is 0 Å². The number of rotatable bonds is 8. The van der Waals surface area contributed by atoms with Crippen molar-refractivity contribution in [3.63, 3.8) is 0 Å². The Morgan fingerprint density at radius 1 is 1.17 bits per heavy atom. The maximum absolute atomic E-state index is 11.8. The zero-order valence-corrected chi connectivity index (χ0v) is 14.8. The molecule has 0 saturated carbocycles. The van der Waals surface area contributed by atoms with Gasteiger partial charge in [0.2, 0.25) is 0 Å². The molecule has 0 amide bonds. The Hall–Kier alpha value is -2.13. The molecule has 0 aliphatic heterocycles. The van der Waals surface area contributed by atoms with Gasteiger partial charge in [0.25, 0.3) is 0 Å². The number of esters is 1. The fourth-order valence-corrected chi connectivity index (χ4v) is 2.50. The van der Waals surface area contributed by atoms with Crippen LogP contribution in [0.5, 0.6) is 0 Å². The van der Waals surface area contributed by atoms with E-state index in [-0.39, 0.29) is 5.97 Å².